The molecule has 0 aliphatic rings. The van der Waals surface area contributed by atoms with Crippen molar-refractivity contribution in [3.8, 4) is 5.75 Å². The van der Waals surface area contributed by atoms with Crippen LogP contribution in [0.4, 0.5) is 8.78 Å². The minimum atomic E-state index is -2.90. The number of carboxylic acids is 1. The highest BCUT2D eigenvalue weighted by atomic mass is 19.3. The molecule has 0 saturated carbocycles. The van der Waals surface area contributed by atoms with E-state index in [9.17, 15) is 13.6 Å². The number of aromatic carboxylic acids is 1. The lowest BCUT2D eigenvalue weighted by Crippen LogP contribution is -2.01. The predicted molar refractivity (Wildman–Crippen MR) is 51.9 cm³/mol. The monoisotopic (exact) mass is 227 g/mol. The highest BCUT2D eigenvalue weighted by molar-refractivity contribution is 6.03. The van der Waals surface area contributed by atoms with E-state index in [2.05, 4.69) is 9.72 Å². The maximum absolute atomic E-state index is 11.9. The Hall–Kier alpha value is -2.11. The summed E-state index contributed by atoms with van der Waals surface area (Å²) < 4.78 is 28.0. The molecule has 0 spiro atoms. The third-order valence-electron chi connectivity index (χ3n) is 2.11. The SMILES string of the molecule is O=C(O)c1c[nH]c2cc(OC(F)F)ccc12. The minimum absolute atomic E-state index is 0.0127. The number of nitrogens with one attached hydrogen (secondary N) is 1. The zero-order valence-corrected chi connectivity index (χ0v) is 7.91. The number of benzene rings is 1. The van der Waals surface area contributed by atoms with Gasteiger partial charge in [-0.05, 0) is 12.1 Å². The summed E-state index contributed by atoms with van der Waals surface area (Å²) in [6, 6.07) is 4.05. The summed E-state index contributed by atoms with van der Waals surface area (Å²) in [5.41, 5.74) is 0.536. The first-order valence-electron chi connectivity index (χ1n) is 4.37. The summed E-state index contributed by atoms with van der Waals surface area (Å²) in [4.78, 5) is 13.4. The van der Waals surface area contributed by atoms with Crippen molar-refractivity contribution in [2.75, 3.05) is 0 Å². The average Bonchev–Trinajstić information content (AvgIpc) is 2.59. The second kappa shape index (κ2) is 3.80. The lowest BCUT2D eigenvalue weighted by molar-refractivity contribution is -0.0497. The van der Waals surface area contributed by atoms with Gasteiger partial charge in [-0.1, -0.05) is 0 Å². The molecule has 2 rings (SSSR count). The number of H-pyrrole nitrogens is 1. The molecule has 16 heavy (non-hydrogen) atoms. The van der Waals surface area contributed by atoms with Crippen molar-refractivity contribution in [2.45, 2.75) is 6.61 Å². The molecule has 2 N–H and O–H groups in total. The quantitative estimate of drug-likeness (QED) is 0.846. The number of ether oxygens (including phenoxy) is 1. The van der Waals surface area contributed by atoms with Crippen LogP contribution in [-0.4, -0.2) is 22.7 Å². The summed E-state index contributed by atoms with van der Waals surface area (Å²) in [6.07, 6.45) is 1.30. The van der Waals surface area contributed by atoms with Crippen molar-refractivity contribution in [2.24, 2.45) is 0 Å². The zero-order chi connectivity index (χ0) is 11.7. The molecule has 0 saturated heterocycles. The molecule has 0 atom stereocenters. The zero-order valence-electron chi connectivity index (χ0n) is 7.91. The summed E-state index contributed by atoms with van der Waals surface area (Å²) in [7, 11) is 0. The summed E-state index contributed by atoms with van der Waals surface area (Å²) in [5.74, 6) is -1.09. The van der Waals surface area contributed by atoms with Crippen molar-refractivity contribution >= 4 is 16.9 Å². The van der Waals surface area contributed by atoms with Crippen LogP contribution >= 0.6 is 0 Å². The Morgan fingerprint density at radius 1 is 1.44 bits per heavy atom. The van der Waals surface area contributed by atoms with E-state index in [-0.39, 0.29) is 11.3 Å². The van der Waals surface area contributed by atoms with Crippen molar-refractivity contribution in [1.82, 2.24) is 4.98 Å². The van der Waals surface area contributed by atoms with Crippen LogP contribution in [0.2, 0.25) is 0 Å². The van der Waals surface area contributed by atoms with E-state index in [0.717, 1.165) is 0 Å². The normalized spacial score (nSPS) is 10.9. The van der Waals surface area contributed by atoms with Crippen molar-refractivity contribution in [3.05, 3.63) is 30.0 Å². The number of aromatic amines is 1. The Morgan fingerprint density at radius 3 is 2.81 bits per heavy atom. The fourth-order valence-electron chi connectivity index (χ4n) is 1.46. The van der Waals surface area contributed by atoms with Crippen molar-refractivity contribution < 1.29 is 23.4 Å². The van der Waals surface area contributed by atoms with E-state index in [1.54, 1.807) is 0 Å². The van der Waals surface area contributed by atoms with Gasteiger partial charge in [0.2, 0.25) is 0 Å². The van der Waals surface area contributed by atoms with E-state index in [1.807, 2.05) is 0 Å². The molecule has 1 aromatic heterocycles. The van der Waals surface area contributed by atoms with Crippen LogP contribution in [-0.2, 0) is 0 Å². The molecule has 1 heterocycles. The first kappa shape index (κ1) is 10.4. The van der Waals surface area contributed by atoms with Crippen molar-refractivity contribution in [3.63, 3.8) is 0 Å². The van der Waals surface area contributed by atoms with Crippen LogP contribution in [0.1, 0.15) is 10.4 Å². The number of rotatable bonds is 3. The highest BCUT2D eigenvalue weighted by Crippen LogP contribution is 2.24. The van der Waals surface area contributed by atoms with Gasteiger partial charge in [-0.2, -0.15) is 8.78 Å². The number of halogens is 2. The van der Waals surface area contributed by atoms with Crippen LogP contribution in [0, 0.1) is 0 Å². The van der Waals surface area contributed by atoms with Crippen molar-refractivity contribution in [1.29, 1.82) is 0 Å². The summed E-state index contributed by atoms with van der Waals surface area (Å²) >= 11 is 0. The number of carboxylic acid groups (broad SMARTS) is 1. The van der Waals surface area contributed by atoms with Crippen LogP contribution in [0.15, 0.2) is 24.4 Å². The van der Waals surface area contributed by atoms with Gasteiger partial charge in [0.25, 0.3) is 0 Å². The molecule has 1 aromatic carbocycles. The van der Waals surface area contributed by atoms with Gasteiger partial charge in [0.15, 0.2) is 0 Å². The number of aromatic nitrogens is 1. The van der Waals surface area contributed by atoms with Crippen LogP contribution in [0.25, 0.3) is 10.9 Å². The number of hydrogen-bond acceptors (Lipinski definition) is 2. The number of hydrogen-bond donors (Lipinski definition) is 2. The van der Waals surface area contributed by atoms with Crippen LogP contribution < -0.4 is 4.74 Å². The summed E-state index contributed by atoms with van der Waals surface area (Å²) in [6.45, 7) is -2.90. The first-order valence-corrected chi connectivity index (χ1v) is 4.37. The molecule has 0 unspecified atom stereocenters. The lowest BCUT2D eigenvalue weighted by atomic mass is 10.2. The van der Waals surface area contributed by atoms with Gasteiger partial charge in [-0.15, -0.1) is 0 Å². The molecule has 4 nitrogen and oxygen atoms in total. The molecular formula is C10H7F2NO3. The molecule has 84 valence electrons. The topological polar surface area (TPSA) is 62.3 Å². The number of fused-ring (bicyclic) bond motifs is 1. The molecule has 2 aromatic rings. The van der Waals surface area contributed by atoms with E-state index in [0.29, 0.717) is 10.9 Å². The summed E-state index contributed by atoms with van der Waals surface area (Å²) in [5, 5.41) is 9.27. The maximum atomic E-state index is 11.9. The molecule has 0 amide bonds. The van der Waals surface area contributed by atoms with Gasteiger partial charge in [-0.25, -0.2) is 4.79 Å². The smallest absolute Gasteiger partial charge is 0.387 e. The average molecular weight is 227 g/mol. The Morgan fingerprint density at radius 2 is 2.19 bits per heavy atom. The largest absolute Gasteiger partial charge is 0.478 e. The predicted octanol–water partition coefficient (Wildman–Crippen LogP) is 2.47. The first-order chi connectivity index (χ1) is 7.58. The fraction of sp³-hybridized carbons (Fsp3) is 0.100. The van der Waals surface area contributed by atoms with Gasteiger partial charge < -0.3 is 14.8 Å². The van der Waals surface area contributed by atoms with Crippen LogP contribution in [0.3, 0.4) is 0 Å². The minimum Gasteiger partial charge on any atom is -0.478 e. The Kier molecular flexibility index (Phi) is 2.47. The number of carbonyl (C=O) groups is 1. The van der Waals surface area contributed by atoms with Gasteiger partial charge in [-0.3, -0.25) is 0 Å². The maximum Gasteiger partial charge on any atom is 0.387 e. The molecule has 0 aliphatic heterocycles. The molecular weight excluding hydrogens is 220 g/mol. The highest BCUT2D eigenvalue weighted by Gasteiger charge is 2.11. The third kappa shape index (κ3) is 1.81. The fourth-order valence-corrected chi connectivity index (χ4v) is 1.46. The van der Waals surface area contributed by atoms with E-state index >= 15 is 0 Å². The van der Waals surface area contributed by atoms with Gasteiger partial charge in [0.1, 0.15) is 5.75 Å². The molecule has 0 fully saturated rings. The lowest BCUT2D eigenvalue weighted by Gasteiger charge is -2.03. The van der Waals surface area contributed by atoms with Crippen LogP contribution in [0.5, 0.6) is 5.75 Å². The third-order valence-corrected chi connectivity index (χ3v) is 2.11. The second-order valence-electron chi connectivity index (χ2n) is 3.09. The molecule has 6 heteroatoms. The Labute approximate surface area is 88.5 Å². The van der Waals surface area contributed by atoms with E-state index < -0.39 is 12.6 Å². The molecule has 0 radical (unpaired) electrons. The standard InChI is InChI=1S/C10H7F2NO3/c11-10(12)16-5-1-2-6-7(9(14)15)4-13-8(6)3-5/h1-4,10,13H,(H,14,15). The van der Waals surface area contributed by atoms with E-state index in [1.165, 1.54) is 24.4 Å². The second-order valence-corrected chi connectivity index (χ2v) is 3.09. The molecule has 0 bridgehead atoms. The molecule has 0 aliphatic carbocycles. The Bertz CT molecular complexity index is 536. The van der Waals surface area contributed by atoms with Gasteiger partial charge >= 0.3 is 12.6 Å². The number of alkyl halides is 2. The van der Waals surface area contributed by atoms with E-state index in [4.69, 9.17) is 5.11 Å². The Balaban J connectivity index is 2.45. The van der Waals surface area contributed by atoms with Gasteiger partial charge in [0, 0.05) is 23.2 Å². The van der Waals surface area contributed by atoms with Gasteiger partial charge in [0.05, 0.1) is 5.56 Å².